The highest BCUT2D eigenvalue weighted by Gasteiger charge is 2.23. The third-order valence-electron chi connectivity index (χ3n) is 3.38. The van der Waals surface area contributed by atoms with Crippen LogP contribution in [-0.4, -0.2) is 29.2 Å². The topological polar surface area (TPSA) is 23.5 Å². The number of hydrogen-bond donors (Lipinski definition) is 1. The van der Waals surface area contributed by atoms with Crippen LogP contribution in [0.2, 0.25) is 5.02 Å². The van der Waals surface area contributed by atoms with Crippen LogP contribution < -0.4 is 0 Å². The second-order valence-electron chi connectivity index (χ2n) is 4.50. The van der Waals surface area contributed by atoms with E-state index in [1.165, 1.54) is 6.07 Å². The Bertz CT molecular complexity index is 365. The van der Waals surface area contributed by atoms with Gasteiger partial charge in [0.2, 0.25) is 0 Å². The maximum atomic E-state index is 13.7. The van der Waals surface area contributed by atoms with Gasteiger partial charge in [0.05, 0.1) is 6.61 Å². The van der Waals surface area contributed by atoms with Crippen molar-refractivity contribution in [2.24, 2.45) is 0 Å². The first kappa shape index (κ1) is 12.8. The molecule has 1 atom stereocenters. The number of aliphatic hydroxyl groups is 1. The van der Waals surface area contributed by atoms with E-state index < -0.39 is 0 Å². The lowest BCUT2D eigenvalue weighted by atomic mass is 10.0. The molecular formula is C13H17ClFNO. The van der Waals surface area contributed by atoms with Crippen LogP contribution in [0.5, 0.6) is 0 Å². The first-order chi connectivity index (χ1) is 8.22. The van der Waals surface area contributed by atoms with Gasteiger partial charge in [-0.1, -0.05) is 24.1 Å². The standard InChI is InChI=1S/C13H17ClFNO/c14-12-5-3-6-13(15)11(12)8-16-7-2-1-4-10(16)9-17/h3,5-6,10,17H,1-2,4,7-9H2. The first-order valence-electron chi connectivity index (χ1n) is 6.00. The van der Waals surface area contributed by atoms with E-state index >= 15 is 0 Å². The van der Waals surface area contributed by atoms with Gasteiger partial charge in [-0.05, 0) is 31.5 Å². The van der Waals surface area contributed by atoms with Crippen molar-refractivity contribution in [3.63, 3.8) is 0 Å². The smallest absolute Gasteiger partial charge is 0.129 e. The summed E-state index contributed by atoms with van der Waals surface area (Å²) >= 11 is 6.01. The molecule has 0 spiro atoms. The van der Waals surface area contributed by atoms with Gasteiger partial charge in [0.1, 0.15) is 5.82 Å². The van der Waals surface area contributed by atoms with Crippen molar-refractivity contribution in [2.45, 2.75) is 31.8 Å². The molecule has 0 radical (unpaired) electrons. The Kier molecular flexibility index (Phi) is 4.37. The summed E-state index contributed by atoms with van der Waals surface area (Å²) in [4.78, 5) is 2.12. The minimum atomic E-state index is -0.264. The fourth-order valence-corrected chi connectivity index (χ4v) is 2.58. The highest BCUT2D eigenvalue weighted by Crippen LogP contribution is 2.24. The highest BCUT2D eigenvalue weighted by atomic mass is 35.5. The molecule has 1 aliphatic rings. The maximum Gasteiger partial charge on any atom is 0.129 e. The Balaban J connectivity index is 2.13. The summed E-state index contributed by atoms with van der Waals surface area (Å²) in [6.07, 6.45) is 3.21. The monoisotopic (exact) mass is 257 g/mol. The molecule has 0 aromatic heterocycles. The van der Waals surface area contributed by atoms with Crippen molar-refractivity contribution in [3.8, 4) is 0 Å². The van der Waals surface area contributed by atoms with Gasteiger partial charge in [0.25, 0.3) is 0 Å². The van der Waals surface area contributed by atoms with Crippen molar-refractivity contribution >= 4 is 11.6 Å². The van der Waals surface area contributed by atoms with E-state index in [2.05, 4.69) is 4.90 Å². The van der Waals surface area contributed by atoms with E-state index in [1.807, 2.05) is 0 Å². The summed E-state index contributed by atoms with van der Waals surface area (Å²) < 4.78 is 13.7. The summed E-state index contributed by atoms with van der Waals surface area (Å²) in [6.45, 7) is 1.51. The van der Waals surface area contributed by atoms with E-state index in [9.17, 15) is 9.50 Å². The molecule has 1 unspecified atom stereocenters. The van der Waals surface area contributed by atoms with Gasteiger partial charge in [0.15, 0.2) is 0 Å². The van der Waals surface area contributed by atoms with Crippen molar-refractivity contribution in [3.05, 3.63) is 34.6 Å². The average molecular weight is 258 g/mol. The lowest BCUT2D eigenvalue weighted by Gasteiger charge is -2.34. The van der Waals surface area contributed by atoms with Crippen LogP contribution in [0.4, 0.5) is 4.39 Å². The fourth-order valence-electron chi connectivity index (χ4n) is 2.36. The van der Waals surface area contributed by atoms with E-state index in [1.54, 1.807) is 12.1 Å². The number of piperidine rings is 1. The number of aliphatic hydroxyl groups excluding tert-OH is 1. The zero-order valence-electron chi connectivity index (χ0n) is 9.70. The van der Waals surface area contributed by atoms with Crippen LogP contribution in [0.15, 0.2) is 18.2 Å². The predicted molar refractivity (Wildman–Crippen MR) is 66.5 cm³/mol. The minimum Gasteiger partial charge on any atom is -0.395 e. The third-order valence-corrected chi connectivity index (χ3v) is 3.74. The van der Waals surface area contributed by atoms with Crippen molar-refractivity contribution in [1.29, 1.82) is 0 Å². The second kappa shape index (κ2) is 5.80. The number of benzene rings is 1. The summed E-state index contributed by atoms with van der Waals surface area (Å²) in [5.41, 5.74) is 0.537. The van der Waals surface area contributed by atoms with Crippen LogP contribution in [0.1, 0.15) is 24.8 Å². The Morgan fingerprint density at radius 3 is 2.94 bits per heavy atom. The van der Waals surface area contributed by atoms with Crippen LogP contribution in [0.3, 0.4) is 0 Å². The van der Waals surface area contributed by atoms with Crippen LogP contribution in [-0.2, 0) is 6.54 Å². The molecule has 1 aliphatic heterocycles. The molecule has 1 aromatic rings. The van der Waals surface area contributed by atoms with Crippen LogP contribution in [0.25, 0.3) is 0 Å². The molecule has 1 N–H and O–H groups in total. The summed E-state index contributed by atoms with van der Waals surface area (Å²) in [5, 5.41) is 9.77. The molecule has 94 valence electrons. The molecule has 1 fully saturated rings. The molecule has 0 bridgehead atoms. The number of rotatable bonds is 3. The lowest BCUT2D eigenvalue weighted by Crippen LogP contribution is -2.41. The molecule has 2 rings (SSSR count). The molecule has 2 nitrogen and oxygen atoms in total. The number of likely N-dealkylation sites (tertiary alicyclic amines) is 1. The summed E-state index contributed by atoms with van der Waals surface area (Å²) in [6, 6.07) is 4.89. The first-order valence-corrected chi connectivity index (χ1v) is 6.38. The normalized spacial score (nSPS) is 21.7. The Morgan fingerprint density at radius 2 is 2.24 bits per heavy atom. The van der Waals surface area contributed by atoms with Gasteiger partial charge in [-0.15, -0.1) is 0 Å². The Labute approximate surface area is 106 Å². The SMILES string of the molecule is OCC1CCCCN1Cc1c(F)cccc1Cl. The van der Waals surface area contributed by atoms with E-state index in [0.717, 1.165) is 25.8 Å². The Morgan fingerprint density at radius 1 is 1.41 bits per heavy atom. The maximum absolute atomic E-state index is 13.7. The molecule has 4 heteroatoms. The molecule has 1 saturated heterocycles. The molecule has 1 aromatic carbocycles. The molecule has 0 amide bonds. The molecule has 1 heterocycles. The van der Waals surface area contributed by atoms with E-state index in [0.29, 0.717) is 17.1 Å². The molecule has 0 aliphatic carbocycles. The Hall–Kier alpha value is -0.640. The van der Waals surface area contributed by atoms with E-state index in [4.69, 9.17) is 11.6 Å². The average Bonchev–Trinajstić information content (AvgIpc) is 2.34. The second-order valence-corrected chi connectivity index (χ2v) is 4.91. The summed E-state index contributed by atoms with van der Waals surface area (Å²) in [7, 11) is 0. The van der Waals surface area contributed by atoms with Gasteiger partial charge >= 0.3 is 0 Å². The third kappa shape index (κ3) is 2.97. The minimum absolute atomic E-state index is 0.131. The largest absolute Gasteiger partial charge is 0.395 e. The van der Waals surface area contributed by atoms with Crippen LogP contribution >= 0.6 is 11.6 Å². The number of hydrogen-bond acceptors (Lipinski definition) is 2. The number of halogens is 2. The van der Waals surface area contributed by atoms with Gasteiger partial charge in [-0.25, -0.2) is 4.39 Å². The van der Waals surface area contributed by atoms with Gasteiger partial charge in [0, 0.05) is 23.2 Å². The van der Waals surface area contributed by atoms with Gasteiger partial charge in [-0.3, -0.25) is 4.90 Å². The molecule has 17 heavy (non-hydrogen) atoms. The highest BCUT2D eigenvalue weighted by molar-refractivity contribution is 6.31. The fraction of sp³-hybridized carbons (Fsp3) is 0.538. The number of nitrogens with zero attached hydrogens (tertiary/aromatic N) is 1. The van der Waals surface area contributed by atoms with E-state index in [-0.39, 0.29) is 18.5 Å². The molecular weight excluding hydrogens is 241 g/mol. The molecule has 0 saturated carbocycles. The van der Waals surface area contributed by atoms with Crippen molar-refractivity contribution in [1.82, 2.24) is 4.90 Å². The lowest BCUT2D eigenvalue weighted by molar-refractivity contribution is 0.0832. The van der Waals surface area contributed by atoms with Crippen molar-refractivity contribution < 1.29 is 9.50 Å². The van der Waals surface area contributed by atoms with Gasteiger partial charge < -0.3 is 5.11 Å². The van der Waals surface area contributed by atoms with Crippen LogP contribution in [0, 0.1) is 5.82 Å². The van der Waals surface area contributed by atoms with Gasteiger partial charge in [-0.2, -0.15) is 0 Å². The quantitative estimate of drug-likeness (QED) is 0.900. The van der Waals surface area contributed by atoms with Crippen molar-refractivity contribution in [2.75, 3.05) is 13.2 Å². The predicted octanol–water partition coefficient (Wildman–Crippen LogP) is 2.83. The zero-order valence-corrected chi connectivity index (χ0v) is 10.5. The summed E-state index contributed by atoms with van der Waals surface area (Å²) in [5.74, 6) is -0.264. The zero-order chi connectivity index (χ0) is 12.3.